The predicted molar refractivity (Wildman–Crippen MR) is 101 cm³/mol. The molecule has 2 aliphatic rings. The lowest BCUT2D eigenvalue weighted by atomic mass is 10.0. The van der Waals surface area contributed by atoms with E-state index in [-0.39, 0.29) is 36.0 Å². The number of nitrogens with one attached hydrogen (secondary N) is 3. The minimum Gasteiger partial charge on any atom is -0.463 e. The Labute approximate surface area is 165 Å². The van der Waals surface area contributed by atoms with E-state index in [1.54, 1.807) is 26.0 Å². The van der Waals surface area contributed by atoms with Crippen LogP contribution < -0.4 is 16.0 Å². The summed E-state index contributed by atoms with van der Waals surface area (Å²) in [7, 11) is 0. The Morgan fingerprint density at radius 1 is 1.18 bits per heavy atom. The van der Waals surface area contributed by atoms with Crippen LogP contribution in [0.3, 0.4) is 0 Å². The van der Waals surface area contributed by atoms with Gasteiger partial charge in [-0.05, 0) is 32.0 Å². The lowest BCUT2D eigenvalue weighted by Crippen LogP contribution is -2.50. The van der Waals surface area contributed by atoms with Crippen molar-refractivity contribution in [3.05, 3.63) is 35.0 Å². The maximum atomic E-state index is 12.4. The number of urea groups is 1. The maximum absolute atomic E-state index is 12.4. The summed E-state index contributed by atoms with van der Waals surface area (Å²) in [5, 5.41) is 7.76. The van der Waals surface area contributed by atoms with Gasteiger partial charge in [-0.15, -0.1) is 11.8 Å². The molecule has 0 saturated heterocycles. The number of ether oxygens (including phenoxy) is 2. The molecule has 0 aliphatic carbocycles. The highest BCUT2D eigenvalue weighted by molar-refractivity contribution is 8.00. The van der Waals surface area contributed by atoms with Crippen molar-refractivity contribution in [1.82, 2.24) is 10.6 Å². The number of hydrogen-bond donors (Lipinski definition) is 3. The first kappa shape index (κ1) is 19.7. The summed E-state index contributed by atoms with van der Waals surface area (Å²) in [6.45, 7) is 3.18. The van der Waals surface area contributed by atoms with Crippen LogP contribution in [0.25, 0.3) is 0 Å². The predicted octanol–water partition coefficient (Wildman–Crippen LogP) is 1.41. The van der Waals surface area contributed by atoms with Crippen molar-refractivity contribution in [3.63, 3.8) is 0 Å². The Hall–Kier alpha value is -3.01. The number of fused-ring (bicyclic) bond motifs is 1. The summed E-state index contributed by atoms with van der Waals surface area (Å²) in [5.41, 5.74) is 1.16. The fourth-order valence-corrected chi connectivity index (χ4v) is 3.61. The number of anilines is 1. The van der Waals surface area contributed by atoms with Gasteiger partial charge < -0.3 is 25.4 Å². The number of thioether (sulfide) groups is 1. The van der Waals surface area contributed by atoms with Gasteiger partial charge in [-0.1, -0.05) is 0 Å². The van der Waals surface area contributed by atoms with Gasteiger partial charge in [-0.3, -0.25) is 4.79 Å². The first-order valence-corrected chi connectivity index (χ1v) is 9.59. The van der Waals surface area contributed by atoms with Crippen LogP contribution in [0.2, 0.25) is 0 Å². The first-order chi connectivity index (χ1) is 13.4. The molecule has 0 radical (unpaired) electrons. The van der Waals surface area contributed by atoms with Crippen LogP contribution in [0.5, 0.6) is 0 Å². The van der Waals surface area contributed by atoms with E-state index in [0.29, 0.717) is 11.4 Å². The van der Waals surface area contributed by atoms with E-state index in [0.717, 1.165) is 4.90 Å². The van der Waals surface area contributed by atoms with Crippen molar-refractivity contribution < 1.29 is 28.7 Å². The van der Waals surface area contributed by atoms with Gasteiger partial charge in [-0.2, -0.15) is 0 Å². The second-order valence-corrected chi connectivity index (χ2v) is 7.07. The van der Waals surface area contributed by atoms with Gasteiger partial charge in [0.25, 0.3) is 0 Å². The number of amides is 3. The average Bonchev–Trinajstić information content (AvgIpc) is 2.65. The molecule has 1 atom stereocenters. The molecule has 2 heterocycles. The zero-order valence-electron chi connectivity index (χ0n) is 15.3. The van der Waals surface area contributed by atoms with Crippen LogP contribution >= 0.6 is 11.8 Å². The minimum atomic E-state index is -0.649. The highest BCUT2D eigenvalue weighted by atomic mass is 32.2. The molecular weight excluding hydrogens is 386 g/mol. The Morgan fingerprint density at radius 3 is 2.71 bits per heavy atom. The standard InChI is InChI=1S/C18H19N3O6S/c1-3-26-17(24)15-9(2)19-18(25)21-12(15)7-27-16(23)10-4-5-13-11(6-10)20-14(22)8-28-13/h4-6,9H,3,7-8H2,1-2H3,(H,20,22)(H2,19,21,25)/t9-/m0/s1. The maximum Gasteiger partial charge on any atom is 0.338 e. The van der Waals surface area contributed by atoms with Crippen LogP contribution in [0.15, 0.2) is 34.4 Å². The SMILES string of the molecule is CCOC(=O)C1=C(COC(=O)c2ccc3c(c2)NC(=O)CS3)NC(=O)N[C@H]1C. The average molecular weight is 405 g/mol. The molecule has 0 fully saturated rings. The van der Waals surface area contributed by atoms with Crippen LogP contribution in [0, 0.1) is 0 Å². The van der Waals surface area contributed by atoms with Gasteiger partial charge in [0, 0.05) is 4.90 Å². The zero-order chi connectivity index (χ0) is 20.3. The number of carbonyl (C=O) groups excluding carboxylic acids is 4. The number of benzene rings is 1. The molecule has 1 aromatic carbocycles. The Kier molecular flexibility index (Phi) is 5.88. The van der Waals surface area contributed by atoms with Gasteiger partial charge in [0.05, 0.1) is 40.9 Å². The molecule has 28 heavy (non-hydrogen) atoms. The smallest absolute Gasteiger partial charge is 0.338 e. The summed E-state index contributed by atoms with van der Waals surface area (Å²) < 4.78 is 10.3. The third-order valence-electron chi connectivity index (χ3n) is 4.06. The molecule has 148 valence electrons. The van der Waals surface area contributed by atoms with Crippen molar-refractivity contribution in [2.75, 3.05) is 24.3 Å². The third kappa shape index (κ3) is 4.28. The van der Waals surface area contributed by atoms with Crippen molar-refractivity contribution in [2.24, 2.45) is 0 Å². The highest BCUT2D eigenvalue weighted by Gasteiger charge is 2.30. The van der Waals surface area contributed by atoms with E-state index in [1.165, 1.54) is 17.8 Å². The summed E-state index contributed by atoms with van der Waals surface area (Å²) in [6, 6.07) is 3.77. The van der Waals surface area contributed by atoms with Gasteiger partial charge in [0.15, 0.2) is 0 Å². The molecular formula is C18H19N3O6S. The number of esters is 2. The van der Waals surface area contributed by atoms with E-state index in [4.69, 9.17) is 9.47 Å². The molecule has 0 aromatic heterocycles. The third-order valence-corrected chi connectivity index (χ3v) is 5.13. The van der Waals surface area contributed by atoms with Crippen molar-refractivity contribution >= 4 is 41.3 Å². The topological polar surface area (TPSA) is 123 Å². The molecule has 0 spiro atoms. The van der Waals surface area contributed by atoms with Crippen molar-refractivity contribution in [2.45, 2.75) is 24.8 Å². The van der Waals surface area contributed by atoms with Crippen LogP contribution in [0.4, 0.5) is 10.5 Å². The number of carbonyl (C=O) groups is 4. The van der Waals surface area contributed by atoms with Crippen LogP contribution in [-0.4, -0.2) is 48.9 Å². The molecule has 3 rings (SSSR count). The first-order valence-electron chi connectivity index (χ1n) is 8.60. The van der Waals surface area contributed by atoms with E-state index in [9.17, 15) is 19.2 Å². The van der Waals surface area contributed by atoms with E-state index < -0.39 is 24.0 Å². The summed E-state index contributed by atoms with van der Waals surface area (Å²) in [6.07, 6.45) is 0. The quantitative estimate of drug-likeness (QED) is 0.633. The minimum absolute atomic E-state index is 0.140. The van der Waals surface area contributed by atoms with Gasteiger partial charge >= 0.3 is 18.0 Å². The molecule has 0 saturated carbocycles. The molecule has 0 unspecified atom stereocenters. The second-order valence-electron chi connectivity index (χ2n) is 6.06. The van der Waals surface area contributed by atoms with Gasteiger partial charge in [-0.25, -0.2) is 14.4 Å². The summed E-state index contributed by atoms with van der Waals surface area (Å²) >= 11 is 1.38. The van der Waals surface area contributed by atoms with E-state index in [1.807, 2.05) is 0 Å². The van der Waals surface area contributed by atoms with Gasteiger partial charge in [0.1, 0.15) is 6.61 Å². The molecule has 1 aromatic rings. The van der Waals surface area contributed by atoms with Crippen LogP contribution in [-0.2, 0) is 19.1 Å². The van der Waals surface area contributed by atoms with Crippen molar-refractivity contribution in [3.8, 4) is 0 Å². The largest absolute Gasteiger partial charge is 0.463 e. The highest BCUT2D eigenvalue weighted by Crippen LogP contribution is 2.32. The van der Waals surface area contributed by atoms with E-state index >= 15 is 0 Å². The molecule has 0 bridgehead atoms. The molecule has 3 amide bonds. The molecule has 9 nitrogen and oxygen atoms in total. The second kappa shape index (κ2) is 8.34. The Morgan fingerprint density at radius 2 is 1.96 bits per heavy atom. The lowest BCUT2D eigenvalue weighted by Gasteiger charge is -2.26. The fraction of sp³-hybridized carbons (Fsp3) is 0.333. The van der Waals surface area contributed by atoms with Crippen molar-refractivity contribution in [1.29, 1.82) is 0 Å². The molecule has 10 heteroatoms. The summed E-state index contributed by atoms with van der Waals surface area (Å²) in [4.78, 5) is 48.7. The molecule has 3 N–H and O–H groups in total. The Balaban J connectivity index is 1.75. The van der Waals surface area contributed by atoms with Crippen LogP contribution in [0.1, 0.15) is 24.2 Å². The fourth-order valence-electron chi connectivity index (χ4n) is 2.82. The lowest BCUT2D eigenvalue weighted by molar-refractivity contribution is -0.139. The zero-order valence-corrected chi connectivity index (χ0v) is 16.1. The normalized spacial score (nSPS) is 18.4. The van der Waals surface area contributed by atoms with E-state index in [2.05, 4.69) is 16.0 Å². The van der Waals surface area contributed by atoms with Gasteiger partial charge in [0.2, 0.25) is 5.91 Å². The number of rotatable bonds is 5. The summed E-state index contributed by atoms with van der Waals surface area (Å²) in [5.74, 6) is -1.06. The number of hydrogen-bond acceptors (Lipinski definition) is 7. The Bertz CT molecular complexity index is 882. The monoisotopic (exact) mass is 405 g/mol. The molecule has 2 aliphatic heterocycles.